The van der Waals surface area contributed by atoms with Gasteiger partial charge >= 0.3 is 0 Å². The molecule has 0 atom stereocenters. The fraction of sp³-hybridized carbons (Fsp3) is 0.389. The average molecular weight is 375 g/mol. The summed E-state index contributed by atoms with van der Waals surface area (Å²) in [6, 6.07) is 5.87. The van der Waals surface area contributed by atoms with Crippen molar-refractivity contribution in [1.29, 1.82) is 0 Å². The van der Waals surface area contributed by atoms with Gasteiger partial charge in [-0.3, -0.25) is 5.32 Å². The summed E-state index contributed by atoms with van der Waals surface area (Å²) in [7, 11) is 0. The number of nitrogens with one attached hydrogen (secondary N) is 1. The first-order valence-electron chi connectivity index (χ1n) is 8.47. The van der Waals surface area contributed by atoms with Crippen LogP contribution in [0.15, 0.2) is 39.7 Å². The van der Waals surface area contributed by atoms with Crippen LogP contribution in [0.2, 0.25) is 5.15 Å². The predicted molar refractivity (Wildman–Crippen MR) is 98.5 cm³/mol. The maximum Gasteiger partial charge on any atom is 0.247 e. The Morgan fingerprint density at radius 3 is 2.88 bits per heavy atom. The Morgan fingerprint density at radius 1 is 1.24 bits per heavy atom. The minimum Gasteiger partial charge on any atom is -0.337 e. The minimum absolute atomic E-state index is 0.269. The lowest BCUT2D eigenvalue weighted by atomic mass is 9.81. The van der Waals surface area contributed by atoms with Gasteiger partial charge in [-0.05, 0) is 42.0 Å². The summed E-state index contributed by atoms with van der Waals surface area (Å²) < 4.78 is 5.69. The van der Waals surface area contributed by atoms with E-state index in [9.17, 15) is 0 Å². The van der Waals surface area contributed by atoms with E-state index in [1.807, 2.05) is 29.0 Å². The lowest BCUT2D eigenvalue weighted by molar-refractivity contribution is 0.169. The van der Waals surface area contributed by atoms with Gasteiger partial charge < -0.3 is 4.52 Å². The van der Waals surface area contributed by atoms with E-state index in [1.54, 1.807) is 17.5 Å². The minimum atomic E-state index is -0.269. The number of hydrogen-bond donors (Lipinski definition) is 1. The quantitative estimate of drug-likeness (QED) is 0.650. The average Bonchev–Trinajstić information content (AvgIpc) is 3.32. The summed E-state index contributed by atoms with van der Waals surface area (Å²) in [5, 5.41) is 12.4. The largest absolute Gasteiger partial charge is 0.337 e. The number of thiophene rings is 1. The summed E-state index contributed by atoms with van der Waals surface area (Å²) in [5.41, 5.74) is 1.84. The van der Waals surface area contributed by atoms with E-state index in [2.05, 4.69) is 15.5 Å². The Kier molecular flexibility index (Phi) is 4.83. The lowest BCUT2D eigenvalue weighted by Crippen LogP contribution is -2.44. The second-order valence-corrected chi connectivity index (χ2v) is 7.59. The zero-order valence-electron chi connectivity index (χ0n) is 13.7. The Hall–Kier alpha value is -1.76. The number of hydrogen-bond acceptors (Lipinski definition) is 6. The molecule has 3 heterocycles. The molecule has 0 unspecified atom stereocenters. The van der Waals surface area contributed by atoms with Crippen LogP contribution in [0.4, 0.5) is 0 Å². The molecule has 0 radical (unpaired) electrons. The zero-order chi connectivity index (χ0) is 17.1. The molecule has 130 valence electrons. The summed E-state index contributed by atoms with van der Waals surface area (Å²) in [6.45, 7) is 0.693. The van der Waals surface area contributed by atoms with E-state index >= 15 is 0 Å². The molecule has 1 aliphatic rings. The Balaban J connectivity index is 1.58. The van der Waals surface area contributed by atoms with Crippen molar-refractivity contribution in [2.45, 2.75) is 44.2 Å². The van der Waals surface area contributed by atoms with Gasteiger partial charge in [0.2, 0.25) is 11.7 Å². The normalized spacial score (nSPS) is 16.8. The summed E-state index contributed by atoms with van der Waals surface area (Å²) in [6.07, 6.45) is 7.28. The van der Waals surface area contributed by atoms with Crippen LogP contribution in [0.3, 0.4) is 0 Å². The van der Waals surface area contributed by atoms with E-state index in [0.29, 0.717) is 23.4 Å². The van der Waals surface area contributed by atoms with Crippen molar-refractivity contribution in [3.8, 4) is 11.4 Å². The van der Waals surface area contributed by atoms with Gasteiger partial charge in [0.25, 0.3) is 0 Å². The Morgan fingerprint density at radius 2 is 2.12 bits per heavy atom. The number of halogens is 1. The second kappa shape index (κ2) is 7.23. The van der Waals surface area contributed by atoms with Crippen molar-refractivity contribution in [2.24, 2.45) is 0 Å². The van der Waals surface area contributed by atoms with Crippen molar-refractivity contribution in [3.05, 3.63) is 51.8 Å². The smallest absolute Gasteiger partial charge is 0.247 e. The summed E-state index contributed by atoms with van der Waals surface area (Å²) in [5.74, 6) is 1.35. The van der Waals surface area contributed by atoms with Gasteiger partial charge in [0, 0.05) is 23.7 Å². The van der Waals surface area contributed by atoms with Crippen LogP contribution < -0.4 is 5.32 Å². The fourth-order valence-corrected chi connectivity index (χ4v) is 4.20. The molecule has 7 heteroatoms. The van der Waals surface area contributed by atoms with Gasteiger partial charge in [-0.15, -0.1) is 0 Å². The third kappa shape index (κ3) is 3.61. The van der Waals surface area contributed by atoms with Gasteiger partial charge in [-0.2, -0.15) is 16.3 Å². The van der Waals surface area contributed by atoms with Gasteiger partial charge in [0.1, 0.15) is 5.15 Å². The fourth-order valence-electron chi connectivity index (χ4n) is 3.37. The standard InChI is InChI=1S/C18H19ClN4OS/c19-15-10-13(4-8-20-15)11-21-18(6-2-1-3-7-18)17-22-16(23-24-17)14-5-9-25-12-14/h4-5,8-10,12,21H,1-3,6-7,11H2. The van der Waals surface area contributed by atoms with Crippen LogP contribution in [0.1, 0.15) is 43.6 Å². The van der Waals surface area contributed by atoms with Crippen molar-refractivity contribution >= 4 is 22.9 Å². The van der Waals surface area contributed by atoms with Crippen LogP contribution in [0.25, 0.3) is 11.4 Å². The van der Waals surface area contributed by atoms with Crippen molar-refractivity contribution in [3.63, 3.8) is 0 Å². The molecular weight excluding hydrogens is 356 g/mol. The number of pyridine rings is 1. The molecule has 1 saturated carbocycles. The van der Waals surface area contributed by atoms with Crippen LogP contribution in [-0.4, -0.2) is 15.1 Å². The zero-order valence-corrected chi connectivity index (χ0v) is 15.3. The highest BCUT2D eigenvalue weighted by Crippen LogP contribution is 2.37. The first kappa shape index (κ1) is 16.7. The molecule has 1 aliphatic carbocycles. The molecule has 0 aromatic carbocycles. The second-order valence-electron chi connectivity index (χ2n) is 6.42. The first-order valence-corrected chi connectivity index (χ1v) is 9.79. The maximum atomic E-state index is 6.00. The van der Waals surface area contributed by atoms with E-state index in [-0.39, 0.29) is 5.54 Å². The maximum absolute atomic E-state index is 6.00. The molecule has 0 amide bonds. The van der Waals surface area contributed by atoms with E-state index < -0.39 is 0 Å². The molecule has 3 aromatic rings. The van der Waals surface area contributed by atoms with Gasteiger partial charge in [0.15, 0.2) is 0 Å². The highest BCUT2D eigenvalue weighted by Gasteiger charge is 2.39. The number of aromatic nitrogens is 3. The van der Waals surface area contributed by atoms with Gasteiger partial charge in [-0.1, -0.05) is 36.0 Å². The molecule has 25 heavy (non-hydrogen) atoms. The number of rotatable bonds is 5. The molecule has 1 N–H and O–H groups in total. The third-order valence-corrected chi connectivity index (χ3v) is 5.63. The monoisotopic (exact) mass is 374 g/mol. The molecule has 0 aliphatic heterocycles. The molecule has 5 nitrogen and oxygen atoms in total. The van der Waals surface area contributed by atoms with Crippen LogP contribution >= 0.6 is 22.9 Å². The van der Waals surface area contributed by atoms with Gasteiger partial charge in [-0.25, -0.2) is 4.98 Å². The van der Waals surface area contributed by atoms with Crippen molar-refractivity contribution in [2.75, 3.05) is 0 Å². The lowest BCUT2D eigenvalue weighted by Gasteiger charge is -2.35. The summed E-state index contributed by atoms with van der Waals surface area (Å²) in [4.78, 5) is 8.75. The Bertz CT molecular complexity index is 827. The molecule has 1 fully saturated rings. The number of nitrogens with zero attached hydrogens (tertiary/aromatic N) is 3. The topological polar surface area (TPSA) is 63.8 Å². The molecule has 4 rings (SSSR count). The molecule has 3 aromatic heterocycles. The predicted octanol–water partition coefficient (Wildman–Crippen LogP) is 4.80. The van der Waals surface area contributed by atoms with Crippen LogP contribution in [-0.2, 0) is 12.1 Å². The van der Waals surface area contributed by atoms with Crippen LogP contribution in [0, 0.1) is 0 Å². The highest BCUT2D eigenvalue weighted by atomic mass is 35.5. The molecule has 0 saturated heterocycles. The third-order valence-electron chi connectivity index (χ3n) is 4.74. The molecule has 0 bridgehead atoms. The highest BCUT2D eigenvalue weighted by molar-refractivity contribution is 7.08. The van der Waals surface area contributed by atoms with Crippen molar-refractivity contribution < 1.29 is 4.52 Å². The van der Waals surface area contributed by atoms with Crippen LogP contribution in [0.5, 0.6) is 0 Å². The SMILES string of the molecule is Clc1cc(CNC2(c3nc(-c4ccsc4)no3)CCCCC2)ccn1. The van der Waals surface area contributed by atoms with E-state index in [0.717, 1.165) is 36.8 Å². The first-order chi connectivity index (χ1) is 12.3. The van der Waals surface area contributed by atoms with Gasteiger partial charge in [0.05, 0.1) is 5.54 Å². The van der Waals surface area contributed by atoms with E-state index in [1.165, 1.54) is 6.42 Å². The molecule has 0 spiro atoms. The molecular formula is C18H19ClN4OS. The van der Waals surface area contributed by atoms with E-state index in [4.69, 9.17) is 21.1 Å². The Labute approximate surface area is 155 Å². The summed E-state index contributed by atoms with van der Waals surface area (Å²) >= 11 is 7.63. The van der Waals surface area contributed by atoms with Crippen molar-refractivity contribution in [1.82, 2.24) is 20.4 Å².